The maximum absolute atomic E-state index is 12.4. The molecule has 0 aliphatic rings. The maximum Gasteiger partial charge on any atom is 0.273 e. The van der Waals surface area contributed by atoms with Gasteiger partial charge < -0.3 is 5.32 Å². The van der Waals surface area contributed by atoms with Crippen LogP contribution in [-0.4, -0.2) is 26.3 Å². The minimum absolute atomic E-state index is 0.137. The highest BCUT2D eigenvalue weighted by atomic mass is 32.2. The van der Waals surface area contributed by atoms with Gasteiger partial charge in [0.1, 0.15) is 5.69 Å². The number of nitrogens with zero attached hydrogens (tertiary/aromatic N) is 2. The van der Waals surface area contributed by atoms with Crippen molar-refractivity contribution in [3.8, 4) is 0 Å². The number of nitrogens with one attached hydrogen (secondary N) is 2. The standard InChI is InChI=1S/C16H20N4O2S/c1-5-12-8-6-7-9(2)13(12)17-15(22)11(4)23-16-18-14(21)10(3)19-20-16/h6-8,11H,5H2,1-4H3,(H,17,22)(H,18,20,21). The van der Waals surface area contributed by atoms with E-state index < -0.39 is 5.25 Å². The average molecular weight is 332 g/mol. The first kappa shape index (κ1) is 17.2. The minimum atomic E-state index is -0.410. The fourth-order valence-electron chi connectivity index (χ4n) is 2.08. The first-order valence-corrected chi connectivity index (χ1v) is 8.30. The van der Waals surface area contributed by atoms with Crippen molar-refractivity contribution in [3.05, 3.63) is 45.4 Å². The number of anilines is 1. The second kappa shape index (κ2) is 7.41. The fraction of sp³-hybridized carbons (Fsp3) is 0.375. The van der Waals surface area contributed by atoms with Crippen molar-refractivity contribution in [1.29, 1.82) is 0 Å². The normalized spacial score (nSPS) is 12.0. The van der Waals surface area contributed by atoms with Crippen molar-refractivity contribution < 1.29 is 4.79 Å². The second-order valence-electron chi connectivity index (χ2n) is 5.26. The number of hydrogen-bond acceptors (Lipinski definition) is 5. The van der Waals surface area contributed by atoms with Gasteiger partial charge in [-0.15, -0.1) is 10.2 Å². The predicted molar refractivity (Wildman–Crippen MR) is 91.9 cm³/mol. The molecule has 1 unspecified atom stereocenters. The summed E-state index contributed by atoms with van der Waals surface area (Å²) in [6.07, 6.45) is 0.843. The minimum Gasteiger partial charge on any atom is -0.325 e. The Morgan fingerprint density at radius 3 is 2.74 bits per heavy atom. The molecule has 1 aromatic heterocycles. The lowest BCUT2D eigenvalue weighted by Gasteiger charge is -2.15. The van der Waals surface area contributed by atoms with Gasteiger partial charge in [-0.25, -0.2) is 0 Å². The van der Waals surface area contributed by atoms with E-state index in [0.29, 0.717) is 10.9 Å². The third kappa shape index (κ3) is 4.19. The van der Waals surface area contributed by atoms with Crippen LogP contribution in [0, 0.1) is 13.8 Å². The van der Waals surface area contributed by atoms with Gasteiger partial charge in [0.05, 0.1) is 5.25 Å². The third-order valence-electron chi connectivity index (χ3n) is 3.49. The monoisotopic (exact) mass is 332 g/mol. The Bertz CT molecular complexity index is 773. The lowest BCUT2D eigenvalue weighted by atomic mass is 10.1. The van der Waals surface area contributed by atoms with Crippen molar-refractivity contribution in [2.45, 2.75) is 44.5 Å². The molecule has 2 aromatic rings. The number of amides is 1. The molecular formula is C16H20N4O2S. The van der Waals surface area contributed by atoms with Crippen LogP contribution < -0.4 is 10.9 Å². The topological polar surface area (TPSA) is 87.7 Å². The lowest BCUT2D eigenvalue weighted by molar-refractivity contribution is -0.115. The molecule has 1 aromatic carbocycles. The van der Waals surface area contributed by atoms with Gasteiger partial charge in [-0.3, -0.25) is 14.6 Å². The van der Waals surface area contributed by atoms with E-state index in [-0.39, 0.29) is 11.5 Å². The van der Waals surface area contributed by atoms with Crippen LogP contribution in [0.2, 0.25) is 0 Å². The Morgan fingerprint density at radius 1 is 1.35 bits per heavy atom. The molecule has 1 heterocycles. The average Bonchev–Trinajstić information content (AvgIpc) is 2.52. The summed E-state index contributed by atoms with van der Waals surface area (Å²) in [5.41, 5.74) is 3.00. The molecule has 2 N–H and O–H groups in total. The molecule has 1 atom stereocenters. The van der Waals surface area contributed by atoms with E-state index in [0.717, 1.165) is 23.2 Å². The van der Waals surface area contributed by atoms with Crippen LogP contribution in [0.4, 0.5) is 5.69 Å². The van der Waals surface area contributed by atoms with E-state index in [1.54, 1.807) is 13.8 Å². The Hall–Kier alpha value is -2.15. The predicted octanol–water partition coefficient (Wildman–Crippen LogP) is 2.46. The number of aromatic amines is 1. The number of benzene rings is 1. The van der Waals surface area contributed by atoms with E-state index >= 15 is 0 Å². The van der Waals surface area contributed by atoms with Crippen LogP contribution in [0.5, 0.6) is 0 Å². The Kier molecular flexibility index (Phi) is 5.54. The van der Waals surface area contributed by atoms with Crippen molar-refractivity contribution in [2.75, 3.05) is 5.32 Å². The van der Waals surface area contributed by atoms with E-state index in [1.165, 1.54) is 11.8 Å². The Morgan fingerprint density at radius 2 is 2.09 bits per heavy atom. The summed E-state index contributed by atoms with van der Waals surface area (Å²) in [5.74, 6) is -0.137. The van der Waals surface area contributed by atoms with Crippen LogP contribution in [0.3, 0.4) is 0 Å². The zero-order valence-corrected chi connectivity index (χ0v) is 14.5. The van der Waals surface area contributed by atoms with Crippen molar-refractivity contribution in [1.82, 2.24) is 15.2 Å². The highest BCUT2D eigenvalue weighted by Crippen LogP contribution is 2.24. The van der Waals surface area contributed by atoms with Crippen LogP contribution in [0.25, 0.3) is 0 Å². The molecule has 0 radical (unpaired) electrons. The van der Waals surface area contributed by atoms with Crippen molar-refractivity contribution in [3.63, 3.8) is 0 Å². The number of carbonyl (C=O) groups is 1. The summed E-state index contributed by atoms with van der Waals surface area (Å²) in [6, 6.07) is 5.95. The van der Waals surface area contributed by atoms with Crippen molar-refractivity contribution in [2.24, 2.45) is 0 Å². The van der Waals surface area contributed by atoms with Gasteiger partial charge in [0, 0.05) is 5.69 Å². The van der Waals surface area contributed by atoms with E-state index in [2.05, 4.69) is 27.4 Å². The van der Waals surface area contributed by atoms with Gasteiger partial charge in [0.2, 0.25) is 5.91 Å². The van der Waals surface area contributed by atoms with Crippen LogP contribution in [0.15, 0.2) is 28.2 Å². The molecule has 0 aliphatic carbocycles. The molecule has 7 heteroatoms. The lowest BCUT2D eigenvalue weighted by Crippen LogP contribution is -2.24. The van der Waals surface area contributed by atoms with Crippen LogP contribution in [0.1, 0.15) is 30.7 Å². The molecule has 0 saturated carbocycles. The molecule has 1 amide bonds. The van der Waals surface area contributed by atoms with E-state index in [4.69, 9.17) is 0 Å². The zero-order chi connectivity index (χ0) is 17.0. The second-order valence-corrected chi connectivity index (χ2v) is 6.59. The molecular weight excluding hydrogens is 312 g/mol. The van der Waals surface area contributed by atoms with Crippen LogP contribution in [-0.2, 0) is 11.2 Å². The smallest absolute Gasteiger partial charge is 0.273 e. The largest absolute Gasteiger partial charge is 0.325 e. The molecule has 122 valence electrons. The maximum atomic E-state index is 12.4. The Balaban J connectivity index is 2.11. The number of rotatable bonds is 5. The highest BCUT2D eigenvalue weighted by molar-refractivity contribution is 8.00. The van der Waals surface area contributed by atoms with Crippen molar-refractivity contribution >= 4 is 23.4 Å². The molecule has 23 heavy (non-hydrogen) atoms. The number of para-hydroxylation sites is 1. The summed E-state index contributed by atoms with van der Waals surface area (Å²) in [7, 11) is 0. The number of aryl methyl sites for hydroxylation is 3. The van der Waals surface area contributed by atoms with Gasteiger partial charge in [0.15, 0.2) is 5.16 Å². The highest BCUT2D eigenvalue weighted by Gasteiger charge is 2.18. The molecule has 0 bridgehead atoms. The fourth-order valence-corrected chi connectivity index (χ4v) is 2.82. The summed E-state index contributed by atoms with van der Waals surface area (Å²) in [5, 5.41) is 10.6. The number of thioether (sulfide) groups is 1. The number of aromatic nitrogens is 3. The van der Waals surface area contributed by atoms with Crippen LogP contribution >= 0.6 is 11.8 Å². The quantitative estimate of drug-likeness (QED) is 0.821. The summed E-state index contributed by atoms with van der Waals surface area (Å²) >= 11 is 1.17. The number of hydrogen-bond donors (Lipinski definition) is 2. The third-order valence-corrected chi connectivity index (χ3v) is 4.46. The first-order valence-electron chi connectivity index (χ1n) is 7.42. The zero-order valence-electron chi connectivity index (χ0n) is 13.6. The van der Waals surface area contributed by atoms with Gasteiger partial charge in [-0.1, -0.05) is 36.9 Å². The number of carbonyl (C=O) groups excluding carboxylic acids is 1. The molecule has 0 aliphatic heterocycles. The van der Waals surface area contributed by atoms with Gasteiger partial charge in [-0.2, -0.15) is 0 Å². The molecule has 0 fully saturated rings. The molecule has 0 saturated heterocycles. The van der Waals surface area contributed by atoms with E-state index in [9.17, 15) is 9.59 Å². The van der Waals surface area contributed by atoms with Gasteiger partial charge in [0.25, 0.3) is 5.56 Å². The first-order chi connectivity index (χ1) is 10.9. The SMILES string of the molecule is CCc1cccc(C)c1NC(=O)C(C)Sc1nnc(C)c(=O)[nH]1. The van der Waals surface area contributed by atoms with Gasteiger partial charge in [-0.05, 0) is 38.3 Å². The summed E-state index contributed by atoms with van der Waals surface area (Å²) in [6.45, 7) is 7.37. The summed E-state index contributed by atoms with van der Waals surface area (Å²) < 4.78 is 0. The summed E-state index contributed by atoms with van der Waals surface area (Å²) in [4.78, 5) is 26.6. The molecule has 6 nitrogen and oxygen atoms in total. The van der Waals surface area contributed by atoms with Gasteiger partial charge >= 0.3 is 0 Å². The van der Waals surface area contributed by atoms with E-state index in [1.807, 2.05) is 25.1 Å². The molecule has 0 spiro atoms. The molecule has 2 rings (SSSR count). The Labute approximate surface area is 139 Å². The number of H-pyrrole nitrogens is 1.